The molecule has 0 bridgehead atoms. The number of hydrogen-bond donors (Lipinski definition) is 2. The van der Waals surface area contributed by atoms with Crippen molar-refractivity contribution in [3.05, 3.63) is 23.8 Å². The molecule has 1 spiro atoms. The summed E-state index contributed by atoms with van der Waals surface area (Å²) in [4.78, 5) is 38.4. The molecule has 0 unspecified atom stereocenters. The molecule has 8 nitrogen and oxygen atoms in total. The summed E-state index contributed by atoms with van der Waals surface area (Å²) in [6, 6.07) is 4.81. The predicted molar refractivity (Wildman–Crippen MR) is 107 cm³/mol. The average Bonchev–Trinajstić information content (AvgIpc) is 3.27. The third-order valence-electron chi connectivity index (χ3n) is 5.77. The minimum atomic E-state index is -0.698. The summed E-state index contributed by atoms with van der Waals surface area (Å²) in [6.07, 6.45) is 3.95. The number of carbonyl (C=O) groups excluding carboxylic acids is 3. The average molecular weight is 403 g/mol. The van der Waals surface area contributed by atoms with E-state index < -0.39 is 5.54 Å². The summed E-state index contributed by atoms with van der Waals surface area (Å²) in [6.45, 7) is 2.12. The van der Waals surface area contributed by atoms with E-state index in [1.165, 1.54) is 4.90 Å². The molecule has 0 radical (unpaired) electrons. The van der Waals surface area contributed by atoms with Crippen LogP contribution in [0.4, 0.5) is 4.79 Å². The molecule has 8 heteroatoms. The lowest BCUT2D eigenvalue weighted by atomic mass is 9.98. The van der Waals surface area contributed by atoms with Gasteiger partial charge >= 0.3 is 6.03 Å². The molecule has 1 saturated heterocycles. The Balaban J connectivity index is 1.51. The summed E-state index contributed by atoms with van der Waals surface area (Å²) in [5.41, 5.74) is 0.119. The summed E-state index contributed by atoms with van der Waals surface area (Å²) in [5.74, 6) is 1.06. The van der Waals surface area contributed by atoms with E-state index in [1.54, 1.807) is 26.4 Å². The summed E-state index contributed by atoms with van der Waals surface area (Å²) < 4.78 is 10.6. The normalized spacial score (nSPS) is 18.7. The summed E-state index contributed by atoms with van der Waals surface area (Å²) in [7, 11) is 3.16. The van der Waals surface area contributed by atoms with Crippen LogP contribution in [0.2, 0.25) is 0 Å². The number of benzene rings is 1. The van der Waals surface area contributed by atoms with Gasteiger partial charge in [-0.15, -0.1) is 0 Å². The molecule has 4 amide bonds. The number of methoxy groups -OCH3 is 2. The van der Waals surface area contributed by atoms with Crippen molar-refractivity contribution in [1.29, 1.82) is 0 Å². The van der Waals surface area contributed by atoms with Gasteiger partial charge in [-0.2, -0.15) is 0 Å². The van der Waals surface area contributed by atoms with Crippen molar-refractivity contribution in [3.8, 4) is 11.5 Å². The van der Waals surface area contributed by atoms with Gasteiger partial charge in [-0.25, -0.2) is 4.79 Å². The van der Waals surface area contributed by atoms with E-state index in [4.69, 9.17) is 9.47 Å². The van der Waals surface area contributed by atoms with Crippen LogP contribution in [0.15, 0.2) is 18.2 Å². The van der Waals surface area contributed by atoms with Crippen molar-refractivity contribution in [2.24, 2.45) is 0 Å². The van der Waals surface area contributed by atoms with E-state index in [1.807, 2.05) is 13.0 Å². The SMILES string of the molecule is COc1ccc(OC)c([C@H](C)NC(=O)CCCN2C(=O)NC3(CCCC3)C2=O)c1. The fraction of sp³-hybridized carbons (Fsp3) is 0.571. The van der Waals surface area contributed by atoms with Crippen LogP contribution < -0.4 is 20.1 Å². The lowest BCUT2D eigenvalue weighted by Crippen LogP contribution is -2.44. The van der Waals surface area contributed by atoms with E-state index in [9.17, 15) is 14.4 Å². The molecule has 1 aliphatic heterocycles. The first-order chi connectivity index (χ1) is 13.9. The topological polar surface area (TPSA) is 97.0 Å². The Morgan fingerprint density at radius 2 is 1.97 bits per heavy atom. The van der Waals surface area contributed by atoms with Crippen LogP contribution in [-0.4, -0.2) is 49.0 Å². The van der Waals surface area contributed by atoms with Crippen LogP contribution in [0.1, 0.15) is 57.1 Å². The first-order valence-corrected chi connectivity index (χ1v) is 10.1. The Labute approximate surface area is 170 Å². The fourth-order valence-corrected chi connectivity index (χ4v) is 4.16. The van der Waals surface area contributed by atoms with Gasteiger partial charge in [0.05, 0.1) is 20.3 Å². The standard InChI is InChI=1S/C21H29N3O5/c1-14(16-13-15(28-2)8-9-17(16)29-3)22-18(25)7-6-12-24-19(26)21(23-20(24)27)10-4-5-11-21/h8-9,13-14H,4-7,10-12H2,1-3H3,(H,22,25)(H,23,27)/t14-/m0/s1. The molecular weight excluding hydrogens is 374 g/mol. The van der Waals surface area contributed by atoms with Crippen LogP contribution in [-0.2, 0) is 9.59 Å². The van der Waals surface area contributed by atoms with Gasteiger partial charge in [0.2, 0.25) is 5.91 Å². The third-order valence-corrected chi connectivity index (χ3v) is 5.77. The maximum atomic E-state index is 12.6. The van der Waals surface area contributed by atoms with E-state index in [0.717, 1.165) is 18.4 Å². The van der Waals surface area contributed by atoms with Gasteiger partial charge in [0.15, 0.2) is 0 Å². The lowest BCUT2D eigenvalue weighted by molar-refractivity contribution is -0.131. The van der Waals surface area contributed by atoms with Crippen LogP contribution in [0.5, 0.6) is 11.5 Å². The Kier molecular flexibility index (Phi) is 6.30. The molecule has 29 heavy (non-hydrogen) atoms. The second kappa shape index (κ2) is 8.71. The lowest BCUT2D eigenvalue weighted by Gasteiger charge is -2.20. The second-order valence-electron chi connectivity index (χ2n) is 7.68. The van der Waals surface area contributed by atoms with Crippen molar-refractivity contribution in [1.82, 2.24) is 15.5 Å². The number of nitrogens with one attached hydrogen (secondary N) is 2. The van der Waals surface area contributed by atoms with Crippen LogP contribution >= 0.6 is 0 Å². The zero-order valence-electron chi connectivity index (χ0n) is 17.2. The third kappa shape index (κ3) is 4.31. The molecule has 1 aromatic rings. The highest BCUT2D eigenvalue weighted by atomic mass is 16.5. The Hall–Kier alpha value is -2.77. The van der Waals surface area contributed by atoms with Crippen molar-refractivity contribution in [2.45, 2.75) is 57.0 Å². The molecule has 1 heterocycles. The molecule has 1 saturated carbocycles. The molecule has 2 fully saturated rings. The van der Waals surface area contributed by atoms with Gasteiger partial charge in [0.1, 0.15) is 17.0 Å². The minimum Gasteiger partial charge on any atom is -0.497 e. The van der Waals surface area contributed by atoms with Gasteiger partial charge in [-0.1, -0.05) is 12.8 Å². The highest BCUT2D eigenvalue weighted by Gasteiger charge is 2.52. The largest absolute Gasteiger partial charge is 0.497 e. The molecule has 1 atom stereocenters. The highest BCUT2D eigenvalue weighted by Crippen LogP contribution is 2.35. The number of nitrogens with zero attached hydrogens (tertiary/aromatic N) is 1. The van der Waals surface area contributed by atoms with E-state index >= 15 is 0 Å². The zero-order valence-corrected chi connectivity index (χ0v) is 17.2. The molecule has 2 N–H and O–H groups in total. The Morgan fingerprint density at radius 1 is 1.24 bits per heavy atom. The Bertz CT molecular complexity index is 789. The van der Waals surface area contributed by atoms with E-state index in [-0.39, 0.29) is 36.9 Å². The van der Waals surface area contributed by atoms with Crippen molar-refractivity contribution < 1.29 is 23.9 Å². The van der Waals surface area contributed by atoms with E-state index in [0.29, 0.717) is 30.8 Å². The predicted octanol–water partition coefficient (Wildman–Crippen LogP) is 2.53. The number of urea groups is 1. The van der Waals surface area contributed by atoms with Crippen LogP contribution in [0, 0.1) is 0 Å². The maximum absolute atomic E-state index is 12.6. The maximum Gasteiger partial charge on any atom is 0.325 e. The molecule has 1 aliphatic carbocycles. The molecule has 3 rings (SSSR count). The Morgan fingerprint density at radius 3 is 2.62 bits per heavy atom. The van der Waals surface area contributed by atoms with Crippen LogP contribution in [0.25, 0.3) is 0 Å². The smallest absolute Gasteiger partial charge is 0.325 e. The molecule has 1 aromatic carbocycles. The number of hydrogen-bond acceptors (Lipinski definition) is 5. The monoisotopic (exact) mass is 403 g/mol. The number of ether oxygens (including phenoxy) is 2. The molecule has 0 aromatic heterocycles. The first-order valence-electron chi connectivity index (χ1n) is 10.1. The highest BCUT2D eigenvalue weighted by molar-refractivity contribution is 6.07. The van der Waals surface area contributed by atoms with Crippen molar-refractivity contribution >= 4 is 17.8 Å². The van der Waals surface area contributed by atoms with Crippen LogP contribution in [0.3, 0.4) is 0 Å². The van der Waals surface area contributed by atoms with E-state index in [2.05, 4.69) is 10.6 Å². The van der Waals surface area contributed by atoms with Crippen molar-refractivity contribution in [2.75, 3.05) is 20.8 Å². The number of imide groups is 1. The van der Waals surface area contributed by atoms with Gasteiger partial charge in [-0.3, -0.25) is 14.5 Å². The van der Waals surface area contributed by atoms with Gasteiger partial charge in [0.25, 0.3) is 5.91 Å². The fourth-order valence-electron chi connectivity index (χ4n) is 4.16. The van der Waals surface area contributed by atoms with Gasteiger partial charge in [-0.05, 0) is 44.4 Å². The zero-order chi connectivity index (χ0) is 21.0. The molecule has 2 aliphatic rings. The first kappa shape index (κ1) is 21.0. The minimum absolute atomic E-state index is 0.144. The van der Waals surface area contributed by atoms with Gasteiger partial charge < -0.3 is 20.1 Å². The molecular formula is C21H29N3O5. The molecule has 158 valence electrons. The quantitative estimate of drug-likeness (QED) is 0.650. The number of amides is 4. The summed E-state index contributed by atoms with van der Waals surface area (Å²) in [5, 5.41) is 5.80. The number of carbonyl (C=O) groups is 3. The van der Waals surface area contributed by atoms with Crippen molar-refractivity contribution in [3.63, 3.8) is 0 Å². The second-order valence-corrected chi connectivity index (χ2v) is 7.68. The number of rotatable bonds is 8. The van der Waals surface area contributed by atoms with Gasteiger partial charge in [0, 0.05) is 18.5 Å². The summed E-state index contributed by atoms with van der Waals surface area (Å²) >= 11 is 0.